The van der Waals surface area contributed by atoms with Crippen LogP contribution in [0.15, 0.2) is 67.0 Å². The second-order valence-corrected chi connectivity index (χ2v) is 7.78. The van der Waals surface area contributed by atoms with Crippen LogP contribution in [0.1, 0.15) is 17.7 Å². The molecular formula is C24H30N4O2. The van der Waals surface area contributed by atoms with E-state index in [9.17, 15) is 5.11 Å². The number of piperazine rings is 1. The fourth-order valence-corrected chi connectivity index (χ4v) is 4.23. The van der Waals surface area contributed by atoms with Crippen LogP contribution in [0, 0.1) is 0 Å². The molecule has 0 saturated carbocycles. The van der Waals surface area contributed by atoms with Gasteiger partial charge in [-0.2, -0.15) is 0 Å². The molecule has 158 valence electrons. The van der Waals surface area contributed by atoms with Crippen LogP contribution in [0.25, 0.3) is 5.82 Å². The molecule has 1 aliphatic heterocycles. The van der Waals surface area contributed by atoms with Gasteiger partial charge in [-0.25, -0.2) is 4.98 Å². The summed E-state index contributed by atoms with van der Waals surface area (Å²) in [6.45, 7) is 4.87. The molecule has 1 saturated heterocycles. The third kappa shape index (κ3) is 4.90. The summed E-state index contributed by atoms with van der Waals surface area (Å²) < 4.78 is 7.52. The molecule has 1 aliphatic rings. The average molecular weight is 407 g/mol. The highest BCUT2D eigenvalue weighted by Gasteiger charge is 2.27. The number of methoxy groups -OCH3 is 1. The second-order valence-electron chi connectivity index (χ2n) is 7.78. The maximum absolute atomic E-state index is 9.64. The predicted octanol–water partition coefficient (Wildman–Crippen LogP) is 2.95. The summed E-state index contributed by atoms with van der Waals surface area (Å²) in [4.78, 5) is 9.45. The number of ether oxygens (including phenoxy) is 1. The molecule has 0 unspecified atom stereocenters. The Hall–Kier alpha value is -2.67. The maximum atomic E-state index is 9.64. The fourth-order valence-electron chi connectivity index (χ4n) is 4.23. The molecule has 2 aromatic heterocycles. The first kappa shape index (κ1) is 20.6. The Morgan fingerprint density at radius 2 is 2.00 bits per heavy atom. The highest BCUT2D eigenvalue weighted by molar-refractivity contribution is 5.29. The van der Waals surface area contributed by atoms with Crippen molar-refractivity contribution in [2.24, 2.45) is 0 Å². The Morgan fingerprint density at radius 1 is 1.07 bits per heavy atom. The van der Waals surface area contributed by atoms with Gasteiger partial charge in [-0.05, 0) is 48.4 Å². The molecule has 1 atom stereocenters. The quantitative estimate of drug-likeness (QED) is 0.623. The van der Waals surface area contributed by atoms with Crippen LogP contribution in [0.5, 0.6) is 5.75 Å². The minimum atomic E-state index is 0.206. The smallest absolute Gasteiger partial charge is 0.136 e. The Labute approximate surface area is 178 Å². The van der Waals surface area contributed by atoms with Crippen LogP contribution in [-0.4, -0.2) is 63.9 Å². The number of aliphatic hydroxyl groups excluding tert-OH is 1. The Balaban J connectivity index is 1.43. The summed E-state index contributed by atoms with van der Waals surface area (Å²) in [6.07, 6.45) is 4.68. The zero-order chi connectivity index (χ0) is 20.8. The van der Waals surface area contributed by atoms with Crippen molar-refractivity contribution in [3.05, 3.63) is 78.2 Å². The van der Waals surface area contributed by atoms with E-state index in [1.54, 1.807) is 7.11 Å². The van der Waals surface area contributed by atoms with E-state index in [0.29, 0.717) is 6.04 Å². The highest BCUT2D eigenvalue weighted by Crippen LogP contribution is 2.21. The summed E-state index contributed by atoms with van der Waals surface area (Å²) in [5.74, 6) is 1.83. The van der Waals surface area contributed by atoms with E-state index in [1.807, 2.05) is 36.5 Å². The highest BCUT2D eigenvalue weighted by atomic mass is 16.5. The summed E-state index contributed by atoms with van der Waals surface area (Å²) in [5, 5.41) is 9.64. The number of pyridine rings is 1. The van der Waals surface area contributed by atoms with Gasteiger partial charge >= 0.3 is 0 Å². The number of hydrogen-bond acceptors (Lipinski definition) is 5. The van der Waals surface area contributed by atoms with Gasteiger partial charge in [0.15, 0.2) is 0 Å². The summed E-state index contributed by atoms with van der Waals surface area (Å²) in [6, 6.07) is 18.8. The van der Waals surface area contributed by atoms with E-state index in [2.05, 4.69) is 49.8 Å². The monoisotopic (exact) mass is 406 g/mol. The lowest BCUT2D eigenvalue weighted by atomic mass is 10.1. The van der Waals surface area contributed by atoms with Crippen LogP contribution >= 0.6 is 0 Å². The van der Waals surface area contributed by atoms with E-state index < -0.39 is 0 Å². The first-order valence-electron chi connectivity index (χ1n) is 10.5. The van der Waals surface area contributed by atoms with E-state index in [-0.39, 0.29) is 6.61 Å². The van der Waals surface area contributed by atoms with Gasteiger partial charge in [0.25, 0.3) is 0 Å². The molecule has 1 aromatic carbocycles. The topological polar surface area (TPSA) is 53.8 Å². The van der Waals surface area contributed by atoms with Crippen LogP contribution in [0.3, 0.4) is 0 Å². The van der Waals surface area contributed by atoms with Crippen molar-refractivity contribution < 1.29 is 9.84 Å². The molecule has 6 nitrogen and oxygen atoms in total. The van der Waals surface area contributed by atoms with E-state index in [4.69, 9.17) is 4.74 Å². The fraction of sp³-hybridized carbons (Fsp3) is 0.375. The summed E-state index contributed by atoms with van der Waals surface area (Å²) in [7, 11) is 1.70. The van der Waals surface area contributed by atoms with E-state index >= 15 is 0 Å². The normalized spacial score (nSPS) is 17.9. The lowest BCUT2D eigenvalue weighted by Crippen LogP contribution is -2.52. The molecule has 1 N–H and O–H groups in total. The molecule has 6 heteroatoms. The summed E-state index contributed by atoms with van der Waals surface area (Å²) in [5.41, 5.74) is 2.48. The van der Waals surface area contributed by atoms with Crippen molar-refractivity contribution in [3.8, 4) is 11.6 Å². The molecule has 30 heavy (non-hydrogen) atoms. The van der Waals surface area contributed by atoms with Gasteiger partial charge in [-0.15, -0.1) is 0 Å². The molecular weight excluding hydrogens is 376 g/mol. The van der Waals surface area contributed by atoms with Gasteiger partial charge < -0.3 is 14.4 Å². The number of rotatable bonds is 8. The van der Waals surface area contributed by atoms with E-state index in [0.717, 1.165) is 50.7 Å². The first-order valence-corrected chi connectivity index (χ1v) is 10.5. The van der Waals surface area contributed by atoms with Crippen molar-refractivity contribution in [3.63, 3.8) is 0 Å². The van der Waals surface area contributed by atoms with Gasteiger partial charge in [-0.1, -0.05) is 18.2 Å². The lowest BCUT2D eigenvalue weighted by Gasteiger charge is -2.41. The molecule has 3 heterocycles. The van der Waals surface area contributed by atoms with Crippen LogP contribution in [-0.2, 0) is 13.1 Å². The number of hydrogen-bond donors (Lipinski definition) is 1. The zero-order valence-corrected chi connectivity index (χ0v) is 17.5. The van der Waals surface area contributed by atoms with Gasteiger partial charge in [0.1, 0.15) is 11.6 Å². The molecule has 3 aromatic rings. The van der Waals surface area contributed by atoms with Gasteiger partial charge in [-0.3, -0.25) is 9.80 Å². The van der Waals surface area contributed by atoms with Crippen molar-refractivity contribution in [2.45, 2.75) is 25.6 Å². The third-order valence-electron chi connectivity index (χ3n) is 5.79. The minimum Gasteiger partial charge on any atom is -0.497 e. The van der Waals surface area contributed by atoms with Crippen LogP contribution in [0.2, 0.25) is 0 Å². The Morgan fingerprint density at radius 3 is 2.80 bits per heavy atom. The molecule has 4 rings (SSSR count). The van der Waals surface area contributed by atoms with Gasteiger partial charge in [0.05, 0.1) is 7.11 Å². The Kier molecular flexibility index (Phi) is 6.79. The predicted molar refractivity (Wildman–Crippen MR) is 118 cm³/mol. The van der Waals surface area contributed by atoms with E-state index in [1.165, 1.54) is 11.3 Å². The number of nitrogens with zero attached hydrogens (tertiary/aromatic N) is 4. The summed E-state index contributed by atoms with van der Waals surface area (Å²) >= 11 is 0. The number of benzene rings is 1. The van der Waals surface area contributed by atoms with Crippen molar-refractivity contribution in [1.29, 1.82) is 0 Å². The molecule has 1 fully saturated rings. The standard InChI is InChI=1S/C24H30N4O2/c1-30-23-8-4-6-20(16-23)17-27-14-13-26(18-21(27)10-15-29)19-22-7-5-12-28(22)24-9-2-3-11-25-24/h2-9,11-12,16,21,29H,10,13-15,17-19H2,1H3/t21-/m1/s1. The zero-order valence-electron chi connectivity index (χ0n) is 17.5. The molecule has 0 bridgehead atoms. The van der Waals surface area contributed by atoms with Crippen molar-refractivity contribution in [1.82, 2.24) is 19.4 Å². The maximum Gasteiger partial charge on any atom is 0.136 e. The molecule has 0 spiro atoms. The SMILES string of the molecule is COc1cccc(CN2CCN(Cc3cccn3-c3ccccn3)C[C@H]2CCO)c1. The van der Waals surface area contributed by atoms with Crippen LogP contribution in [0.4, 0.5) is 0 Å². The third-order valence-corrected chi connectivity index (χ3v) is 5.79. The number of aliphatic hydroxyl groups is 1. The Bertz CT molecular complexity index is 928. The largest absolute Gasteiger partial charge is 0.497 e. The van der Waals surface area contributed by atoms with Gasteiger partial charge in [0.2, 0.25) is 0 Å². The van der Waals surface area contributed by atoms with Crippen LogP contribution < -0.4 is 4.74 Å². The average Bonchev–Trinajstić information content (AvgIpc) is 3.24. The molecule has 0 amide bonds. The molecule has 0 aliphatic carbocycles. The van der Waals surface area contributed by atoms with Crippen molar-refractivity contribution in [2.75, 3.05) is 33.4 Å². The number of aromatic nitrogens is 2. The van der Waals surface area contributed by atoms with Crippen molar-refractivity contribution >= 4 is 0 Å². The molecule has 0 radical (unpaired) electrons. The first-order chi connectivity index (χ1) is 14.8. The second kappa shape index (κ2) is 9.89. The lowest BCUT2D eigenvalue weighted by molar-refractivity contribution is 0.0491. The minimum absolute atomic E-state index is 0.206. The van der Waals surface area contributed by atoms with Gasteiger partial charge in [0, 0.05) is 63.5 Å².